The Balaban J connectivity index is 0.000000891. The fourth-order valence-corrected chi connectivity index (χ4v) is 3.21. The van der Waals surface area contributed by atoms with Crippen molar-refractivity contribution in [3.8, 4) is 0 Å². The molecule has 0 heterocycles. The van der Waals surface area contributed by atoms with E-state index in [0.29, 0.717) is 12.0 Å². The molecule has 0 bridgehead atoms. The van der Waals surface area contributed by atoms with E-state index in [1.54, 1.807) is 0 Å². The van der Waals surface area contributed by atoms with Gasteiger partial charge in [0.05, 0.1) is 6.04 Å². The summed E-state index contributed by atoms with van der Waals surface area (Å²) < 4.78 is 0. The van der Waals surface area contributed by atoms with Gasteiger partial charge >= 0.3 is 37.9 Å². The van der Waals surface area contributed by atoms with Gasteiger partial charge in [0.15, 0.2) is 0 Å². The van der Waals surface area contributed by atoms with Gasteiger partial charge in [0.2, 0.25) is 0 Å². The van der Waals surface area contributed by atoms with Gasteiger partial charge in [0.1, 0.15) is 0 Å². The van der Waals surface area contributed by atoms with Gasteiger partial charge in [-0.25, -0.2) is 0 Å². The van der Waals surface area contributed by atoms with Crippen LogP contribution in [0.1, 0.15) is 64.5 Å². The molecule has 1 aromatic carbocycles. The van der Waals surface area contributed by atoms with Gasteiger partial charge in [-0.2, -0.15) is 0 Å². The van der Waals surface area contributed by atoms with Crippen LogP contribution in [0, 0.1) is 5.92 Å². The predicted octanol–water partition coefficient (Wildman–Crippen LogP) is 6.99. The van der Waals surface area contributed by atoms with Crippen LogP contribution in [0.25, 0.3) is 5.32 Å². The normalized spacial score (nSPS) is 21.1. The van der Waals surface area contributed by atoms with Crippen molar-refractivity contribution in [3.05, 3.63) is 34.6 Å². The third-order valence-electron chi connectivity index (χ3n) is 4.57. The first-order valence-corrected chi connectivity index (χ1v) is 14.9. The summed E-state index contributed by atoms with van der Waals surface area (Å²) in [5.74, 6) is 0.711. The van der Waals surface area contributed by atoms with Crippen LogP contribution in [0.2, 0.25) is 0 Å². The van der Waals surface area contributed by atoms with Crippen LogP contribution in [-0.4, -0.2) is 19.3 Å². The molecule has 24 heavy (non-hydrogen) atoms. The van der Waals surface area contributed by atoms with E-state index in [2.05, 4.69) is 57.4 Å². The fraction of sp³-hybridized carbons (Fsp3) is 0.632. The van der Waals surface area contributed by atoms with Crippen molar-refractivity contribution < 1.29 is 20.8 Å². The van der Waals surface area contributed by atoms with E-state index in [1.807, 2.05) is 7.05 Å². The summed E-state index contributed by atoms with van der Waals surface area (Å²) in [5.41, 5.74) is 3.65. The third-order valence-corrected chi connectivity index (χ3v) is 4.57. The minimum atomic E-state index is -0.826. The quantitative estimate of drug-likeness (QED) is 0.446. The SMILES string of the molecule is C[N-]c1c(C=NC2CCCCC2C)cccc1C(C)(C)C.[Cl][Zr][Cl]. The van der Waals surface area contributed by atoms with Crippen LogP contribution in [-0.2, 0) is 26.3 Å². The summed E-state index contributed by atoms with van der Waals surface area (Å²) in [7, 11) is 11.7. The zero-order valence-corrected chi connectivity index (χ0v) is 19.4. The van der Waals surface area contributed by atoms with E-state index in [-0.39, 0.29) is 5.41 Å². The Labute approximate surface area is 166 Å². The van der Waals surface area contributed by atoms with Crippen molar-refractivity contribution in [2.24, 2.45) is 10.9 Å². The second-order valence-electron chi connectivity index (χ2n) is 7.40. The van der Waals surface area contributed by atoms with E-state index < -0.39 is 20.8 Å². The zero-order valence-electron chi connectivity index (χ0n) is 15.4. The Morgan fingerprint density at radius 2 is 1.83 bits per heavy atom. The van der Waals surface area contributed by atoms with Crippen molar-refractivity contribution in [3.63, 3.8) is 0 Å². The van der Waals surface area contributed by atoms with Gasteiger partial charge in [-0.1, -0.05) is 64.3 Å². The second-order valence-corrected chi connectivity index (χ2v) is 11.1. The molecule has 1 aliphatic carbocycles. The topological polar surface area (TPSA) is 26.5 Å². The van der Waals surface area contributed by atoms with E-state index in [1.165, 1.54) is 31.2 Å². The summed E-state index contributed by atoms with van der Waals surface area (Å²) in [4.78, 5) is 4.88. The molecule has 1 fully saturated rings. The number of para-hydroxylation sites is 1. The van der Waals surface area contributed by atoms with Gasteiger partial charge in [0.25, 0.3) is 0 Å². The molecule has 0 amide bonds. The Bertz CT molecular complexity index is 527. The molecular weight excluding hydrogens is 418 g/mol. The number of halogens is 2. The van der Waals surface area contributed by atoms with Crippen molar-refractivity contribution >= 4 is 28.9 Å². The summed E-state index contributed by atoms with van der Waals surface area (Å²) in [6.45, 7) is 9.04. The first-order valence-electron chi connectivity index (χ1n) is 8.58. The molecule has 2 unspecified atom stereocenters. The van der Waals surface area contributed by atoms with Gasteiger partial charge < -0.3 is 5.32 Å². The molecule has 0 saturated heterocycles. The van der Waals surface area contributed by atoms with Crippen LogP contribution in [0.3, 0.4) is 0 Å². The van der Waals surface area contributed by atoms with Crippen LogP contribution in [0.4, 0.5) is 5.69 Å². The van der Waals surface area contributed by atoms with Crippen molar-refractivity contribution in [2.45, 2.75) is 64.8 Å². The number of hydrogen-bond donors (Lipinski definition) is 0. The minimum absolute atomic E-state index is 0.108. The van der Waals surface area contributed by atoms with Crippen molar-refractivity contribution in [2.75, 3.05) is 7.05 Å². The molecule has 2 rings (SSSR count). The maximum absolute atomic E-state index is 4.93. The maximum atomic E-state index is 4.93. The monoisotopic (exact) mass is 445 g/mol. The van der Waals surface area contributed by atoms with E-state index in [0.717, 1.165) is 11.3 Å². The van der Waals surface area contributed by atoms with Crippen LogP contribution >= 0.6 is 17.0 Å². The second kappa shape index (κ2) is 11.0. The molecule has 0 aliphatic heterocycles. The Hall–Kier alpha value is 0.153. The Kier molecular flexibility index (Phi) is 10.2. The first-order chi connectivity index (χ1) is 11.3. The molecule has 5 heteroatoms. The molecule has 1 saturated carbocycles. The fourth-order valence-electron chi connectivity index (χ4n) is 3.21. The Morgan fingerprint density at radius 3 is 2.38 bits per heavy atom. The molecule has 0 aromatic heterocycles. The summed E-state index contributed by atoms with van der Waals surface area (Å²) >= 11 is -0.826. The van der Waals surface area contributed by atoms with Gasteiger partial charge in [0, 0.05) is 6.21 Å². The summed E-state index contributed by atoms with van der Waals surface area (Å²) in [6.07, 6.45) is 7.29. The molecule has 134 valence electrons. The Morgan fingerprint density at radius 1 is 1.21 bits per heavy atom. The number of benzene rings is 1. The van der Waals surface area contributed by atoms with E-state index >= 15 is 0 Å². The molecule has 0 N–H and O–H groups in total. The summed E-state index contributed by atoms with van der Waals surface area (Å²) in [6, 6.07) is 6.93. The van der Waals surface area contributed by atoms with Crippen LogP contribution < -0.4 is 0 Å². The summed E-state index contributed by atoms with van der Waals surface area (Å²) in [5, 5.41) is 4.53. The van der Waals surface area contributed by atoms with Crippen LogP contribution in [0.5, 0.6) is 0 Å². The third kappa shape index (κ3) is 6.81. The van der Waals surface area contributed by atoms with Crippen molar-refractivity contribution in [1.82, 2.24) is 0 Å². The molecule has 0 spiro atoms. The van der Waals surface area contributed by atoms with Crippen LogP contribution in [0.15, 0.2) is 23.2 Å². The number of aliphatic imine (C=N–C) groups is 1. The van der Waals surface area contributed by atoms with E-state index in [9.17, 15) is 0 Å². The molecule has 1 aromatic rings. The average molecular weight is 448 g/mol. The number of rotatable bonds is 3. The number of nitrogens with zero attached hydrogens (tertiary/aromatic N) is 2. The van der Waals surface area contributed by atoms with Gasteiger partial charge in [-0.15, -0.1) is 12.7 Å². The van der Waals surface area contributed by atoms with E-state index in [4.69, 9.17) is 22.0 Å². The van der Waals surface area contributed by atoms with Gasteiger partial charge in [-0.05, 0) is 29.7 Å². The first kappa shape index (κ1) is 22.2. The molecular formula is C19H29Cl2N2Zr-. The van der Waals surface area contributed by atoms with Crippen molar-refractivity contribution in [1.29, 1.82) is 0 Å². The average Bonchev–Trinajstić information content (AvgIpc) is 2.53. The zero-order chi connectivity index (χ0) is 18.2. The predicted molar refractivity (Wildman–Crippen MR) is 105 cm³/mol. The standard InChI is InChI=1S/C19H29N2.2ClH.Zr/c1-14-9-6-7-12-17(14)21-13-15-10-8-11-16(18(15)20-5)19(2,3)4;;;/h8,10-11,13-14,17H,6-7,9,12H2,1-5H3;2*1H;/q-1;;;+2/p-2. The molecule has 0 radical (unpaired) electrons. The van der Waals surface area contributed by atoms with Gasteiger partial charge in [-0.3, -0.25) is 4.99 Å². The molecule has 2 atom stereocenters. The molecule has 2 nitrogen and oxygen atoms in total. The number of hydrogen-bond acceptors (Lipinski definition) is 1. The molecule has 1 aliphatic rings.